The fraction of sp³-hybridized carbons (Fsp3) is 0.286. The molecule has 1 heterocycles. The third kappa shape index (κ3) is 5.42. The van der Waals surface area contributed by atoms with Gasteiger partial charge in [-0.15, -0.1) is 0 Å². The maximum Gasteiger partial charge on any atom is 0.264 e. The molecule has 1 N–H and O–H groups in total. The minimum absolute atomic E-state index is 0.0100. The Morgan fingerprint density at radius 2 is 2.04 bits per heavy atom. The Morgan fingerprint density at radius 1 is 1.28 bits per heavy atom. The molecule has 2 rings (SSSR count). The summed E-state index contributed by atoms with van der Waals surface area (Å²) in [5.74, 6) is -0.0634. The number of ether oxygens (including phenoxy) is 2. The van der Waals surface area contributed by atoms with Gasteiger partial charge in [-0.1, -0.05) is 29.3 Å². The summed E-state index contributed by atoms with van der Waals surface area (Å²) in [5, 5.41) is 0.0418. The summed E-state index contributed by atoms with van der Waals surface area (Å²) in [6, 6.07) is 4.30. The molecule has 0 radical (unpaired) electrons. The third-order valence-electron chi connectivity index (χ3n) is 2.82. The zero-order valence-corrected chi connectivity index (χ0v) is 16.9. The van der Waals surface area contributed by atoms with Crippen molar-refractivity contribution < 1.29 is 17.9 Å². The average Bonchev–Trinajstić information content (AvgIpc) is 2.56. The van der Waals surface area contributed by atoms with Crippen molar-refractivity contribution in [1.29, 1.82) is 0 Å². The van der Waals surface area contributed by atoms with Crippen LogP contribution < -0.4 is 9.46 Å². The molecule has 0 aliphatic rings. The molecule has 2 aromatic rings. The van der Waals surface area contributed by atoms with Crippen LogP contribution in [-0.2, 0) is 14.8 Å². The molecule has 7 nitrogen and oxygen atoms in total. The number of hydrogen-bond donors (Lipinski definition) is 1. The fourth-order valence-electron chi connectivity index (χ4n) is 1.74. The Hall–Kier alpha value is -1.13. The predicted molar refractivity (Wildman–Crippen MR) is 99.0 cm³/mol. The van der Waals surface area contributed by atoms with Crippen LogP contribution in [-0.4, -0.2) is 38.2 Å². The quantitative estimate of drug-likeness (QED) is 0.590. The second kappa shape index (κ2) is 9.00. The minimum Gasteiger partial charge on any atom is -0.473 e. The van der Waals surface area contributed by atoms with Crippen molar-refractivity contribution in [2.75, 3.05) is 24.5 Å². The summed E-state index contributed by atoms with van der Waals surface area (Å²) in [4.78, 5) is 7.90. The van der Waals surface area contributed by atoms with Gasteiger partial charge in [0.25, 0.3) is 15.9 Å². The molecule has 0 aliphatic carbocycles. The second-order valence-electron chi connectivity index (χ2n) is 4.55. The highest BCUT2D eigenvalue weighted by atomic mass is 79.9. The first-order chi connectivity index (χ1) is 11.8. The van der Waals surface area contributed by atoms with Crippen LogP contribution in [0.4, 0.5) is 5.82 Å². The van der Waals surface area contributed by atoms with E-state index in [2.05, 4.69) is 30.6 Å². The first-order valence-corrected chi connectivity index (χ1v) is 10.1. The Kier molecular flexibility index (Phi) is 7.26. The molecule has 0 spiro atoms. The molecule has 11 heteroatoms. The second-order valence-corrected chi connectivity index (χ2v) is 7.80. The maximum atomic E-state index is 12.6. The van der Waals surface area contributed by atoms with Gasteiger partial charge in [-0.3, -0.25) is 4.72 Å². The number of anilines is 1. The molecule has 136 valence electrons. The van der Waals surface area contributed by atoms with Gasteiger partial charge < -0.3 is 9.47 Å². The van der Waals surface area contributed by atoms with E-state index >= 15 is 0 Å². The SMILES string of the molecule is CCOCCOc1nc(Br)cnc1NS(=O)(=O)c1cccc(Cl)c1Cl. The van der Waals surface area contributed by atoms with E-state index in [-0.39, 0.29) is 33.2 Å². The number of aromatic nitrogens is 2. The molecule has 0 saturated carbocycles. The van der Waals surface area contributed by atoms with Crippen LogP contribution >= 0.6 is 39.1 Å². The van der Waals surface area contributed by atoms with Crippen LogP contribution in [0.3, 0.4) is 0 Å². The molecule has 0 aliphatic heterocycles. The van der Waals surface area contributed by atoms with Crippen LogP contribution in [0.15, 0.2) is 33.9 Å². The van der Waals surface area contributed by atoms with E-state index in [1.807, 2.05) is 6.92 Å². The summed E-state index contributed by atoms with van der Waals surface area (Å²) >= 11 is 15.0. The van der Waals surface area contributed by atoms with Crippen LogP contribution in [0, 0.1) is 0 Å². The van der Waals surface area contributed by atoms with Crippen molar-refractivity contribution in [2.45, 2.75) is 11.8 Å². The molecule has 0 atom stereocenters. The number of nitrogens with zero attached hydrogens (tertiary/aromatic N) is 2. The maximum absolute atomic E-state index is 12.6. The van der Waals surface area contributed by atoms with E-state index in [1.54, 1.807) is 0 Å². The highest BCUT2D eigenvalue weighted by Gasteiger charge is 2.22. The summed E-state index contributed by atoms with van der Waals surface area (Å²) in [6.45, 7) is 2.91. The Balaban J connectivity index is 2.28. The average molecular weight is 471 g/mol. The molecule has 1 aromatic heterocycles. The fourth-order valence-corrected chi connectivity index (χ4v) is 3.77. The molecule has 0 bridgehead atoms. The Labute approximate surface area is 163 Å². The van der Waals surface area contributed by atoms with Crippen molar-refractivity contribution in [2.24, 2.45) is 0 Å². The van der Waals surface area contributed by atoms with Crippen LogP contribution in [0.25, 0.3) is 0 Å². The summed E-state index contributed by atoms with van der Waals surface area (Å²) in [6.07, 6.45) is 1.34. The number of hydrogen-bond acceptors (Lipinski definition) is 6. The minimum atomic E-state index is -4.03. The van der Waals surface area contributed by atoms with Gasteiger partial charge in [0.2, 0.25) is 5.82 Å². The lowest BCUT2D eigenvalue weighted by atomic mass is 10.4. The van der Waals surface area contributed by atoms with E-state index in [0.29, 0.717) is 17.8 Å². The van der Waals surface area contributed by atoms with Gasteiger partial charge in [-0.25, -0.2) is 18.4 Å². The largest absolute Gasteiger partial charge is 0.473 e. The first-order valence-electron chi connectivity index (χ1n) is 7.05. The number of sulfonamides is 1. The Bertz CT molecular complexity index is 852. The van der Waals surface area contributed by atoms with Crippen molar-refractivity contribution in [3.05, 3.63) is 39.0 Å². The first kappa shape index (κ1) is 20.2. The molecule has 0 amide bonds. The van der Waals surface area contributed by atoms with Gasteiger partial charge in [-0.05, 0) is 35.0 Å². The summed E-state index contributed by atoms with van der Waals surface area (Å²) in [7, 11) is -4.03. The van der Waals surface area contributed by atoms with Gasteiger partial charge in [0.15, 0.2) is 0 Å². The Morgan fingerprint density at radius 3 is 2.76 bits per heavy atom. The standard InChI is InChI=1S/C14H14BrCl2N3O4S/c1-2-23-6-7-24-14-13(18-8-11(15)19-14)20-25(21,22)10-5-3-4-9(16)12(10)17/h3-5,8H,2,6-7H2,1H3,(H,18,20). The molecule has 25 heavy (non-hydrogen) atoms. The lowest BCUT2D eigenvalue weighted by molar-refractivity contribution is 0.108. The topological polar surface area (TPSA) is 90.4 Å². The van der Waals surface area contributed by atoms with E-state index in [0.717, 1.165) is 0 Å². The summed E-state index contributed by atoms with van der Waals surface area (Å²) in [5.41, 5.74) is 0. The van der Waals surface area contributed by atoms with E-state index < -0.39 is 10.0 Å². The van der Waals surface area contributed by atoms with Crippen LogP contribution in [0.2, 0.25) is 10.0 Å². The van der Waals surface area contributed by atoms with E-state index in [4.69, 9.17) is 32.7 Å². The highest BCUT2D eigenvalue weighted by Crippen LogP contribution is 2.31. The highest BCUT2D eigenvalue weighted by molar-refractivity contribution is 9.10. The van der Waals surface area contributed by atoms with Gasteiger partial charge in [0, 0.05) is 6.61 Å². The van der Waals surface area contributed by atoms with Gasteiger partial charge in [-0.2, -0.15) is 0 Å². The molecular formula is C14H14BrCl2N3O4S. The van der Waals surface area contributed by atoms with Crippen LogP contribution in [0.1, 0.15) is 6.92 Å². The van der Waals surface area contributed by atoms with Gasteiger partial charge in [0.1, 0.15) is 16.1 Å². The number of benzene rings is 1. The molecule has 1 aromatic carbocycles. The molecular weight excluding hydrogens is 457 g/mol. The summed E-state index contributed by atoms with van der Waals surface area (Å²) < 4.78 is 38.5. The molecule has 0 saturated heterocycles. The normalized spacial score (nSPS) is 11.4. The van der Waals surface area contributed by atoms with Gasteiger partial charge in [0.05, 0.1) is 22.8 Å². The number of halogens is 3. The zero-order valence-electron chi connectivity index (χ0n) is 13.0. The van der Waals surface area contributed by atoms with Crippen molar-refractivity contribution in [3.63, 3.8) is 0 Å². The van der Waals surface area contributed by atoms with E-state index in [9.17, 15) is 8.42 Å². The van der Waals surface area contributed by atoms with Crippen molar-refractivity contribution in [3.8, 4) is 5.88 Å². The lowest BCUT2D eigenvalue weighted by Crippen LogP contribution is -2.17. The van der Waals surface area contributed by atoms with Crippen molar-refractivity contribution in [1.82, 2.24) is 9.97 Å². The molecule has 0 fully saturated rings. The third-order valence-corrected chi connectivity index (χ3v) is 5.51. The predicted octanol–water partition coefficient (Wildman–Crippen LogP) is 3.76. The molecule has 0 unspecified atom stereocenters. The number of nitrogens with one attached hydrogen (secondary N) is 1. The monoisotopic (exact) mass is 469 g/mol. The van der Waals surface area contributed by atoms with Gasteiger partial charge >= 0.3 is 0 Å². The number of rotatable bonds is 8. The van der Waals surface area contributed by atoms with Crippen molar-refractivity contribution >= 4 is 55.0 Å². The van der Waals surface area contributed by atoms with Crippen LogP contribution in [0.5, 0.6) is 5.88 Å². The smallest absolute Gasteiger partial charge is 0.264 e. The zero-order chi connectivity index (χ0) is 18.4. The van der Waals surface area contributed by atoms with E-state index in [1.165, 1.54) is 24.4 Å². The lowest BCUT2D eigenvalue weighted by Gasteiger charge is -2.13.